The van der Waals surface area contributed by atoms with Gasteiger partial charge in [-0.1, -0.05) is 18.6 Å². The molecule has 0 heterocycles. The van der Waals surface area contributed by atoms with Gasteiger partial charge in [-0.2, -0.15) is 0 Å². The average Bonchev–Trinajstić information content (AvgIpc) is 2.79. The SMILES string of the molecule is CC(NC(=O)C(Cc1ccc(O)cc1)NC(=O)C(CC(=O)O)NC(=O)C(N)CCCCN)C(=O)O. The summed E-state index contributed by atoms with van der Waals surface area (Å²) < 4.78 is 0. The van der Waals surface area contributed by atoms with Crippen LogP contribution in [0.1, 0.15) is 38.2 Å². The van der Waals surface area contributed by atoms with Gasteiger partial charge in [0.1, 0.15) is 23.9 Å². The Morgan fingerprint density at radius 1 is 0.886 bits per heavy atom. The monoisotopic (exact) mass is 495 g/mol. The summed E-state index contributed by atoms with van der Waals surface area (Å²) in [4.78, 5) is 60.4. The lowest BCUT2D eigenvalue weighted by atomic mass is 10.0. The minimum atomic E-state index is -1.53. The minimum absolute atomic E-state index is 0.0228. The molecule has 35 heavy (non-hydrogen) atoms. The zero-order chi connectivity index (χ0) is 26.5. The van der Waals surface area contributed by atoms with Gasteiger partial charge in [-0.25, -0.2) is 0 Å². The van der Waals surface area contributed by atoms with Crippen molar-refractivity contribution in [2.75, 3.05) is 6.54 Å². The molecule has 1 rings (SSSR count). The fourth-order valence-corrected chi connectivity index (χ4v) is 3.03. The van der Waals surface area contributed by atoms with Crippen LogP contribution in [0.2, 0.25) is 0 Å². The van der Waals surface area contributed by atoms with Gasteiger partial charge in [0.2, 0.25) is 17.7 Å². The lowest BCUT2D eigenvalue weighted by molar-refractivity contribution is -0.143. The van der Waals surface area contributed by atoms with E-state index in [4.69, 9.17) is 16.6 Å². The molecule has 0 aromatic heterocycles. The number of nitrogens with two attached hydrogens (primary N) is 2. The largest absolute Gasteiger partial charge is 0.508 e. The standard InChI is InChI=1S/C22H33N5O8/c1-12(22(34)35)25-20(32)16(10-13-5-7-14(28)8-6-13)27-21(33)17(11-18(29)30)26-19(31)15(24)4-2-3-9-23/h5-8,12,15-17,28H,2-4,9-11,23-24H2,1H3,(H,25,32)(H,26,31)(H,27,33)(H,29,30)(H,34,35). The van der Waals surface area contributed by atoms with E-state index in [2.05, 4.69) is 16.0 Å². The Labute approximate surface area is 202 Å². The average molecular weight is 496 g/mol. The maximum Gasteiger partial charge on any atom is 0.325 e. The number of carboxylic acids is 2. The van der Waals surface area contributed by atoms with E-state index in [1.165, 1.54) is 31.2 Å². The molecule has 10 N–H and O–H groups in total. The molecule has 4 atom stereocenters. The molecule has 0 aliphatic rings. The second-order valence-electron chi connectivity index (χ2n) is 8.05. The number of amides is 3. The summed E-state index contributed by atoms with van der Waals surface area (Å²) in [7, 11) is 0. The zero-order valence-electron chi connectivity index (χ0n) is 19.4. The number of aliphatic carboxylic acids is 2. The number of carbonyl (C=O) groups is 5. The van der Waals surface area contributed by atoms with Gasteiger partial charge in [-0.15, -0.1) is 0 Å². The van der Waals surface area contributed by atoms with Crippen LogP contribution in [-0.4, -0.2) is 75.7 Å². The normalized spacial score (nSPS) is 14.1. The molecular formula is C22H33N5O8. The highest BCUT2D eigenvalue weighted by atomic mass is 16.4. The molecule has 0 saturated heterocycles. The number of carboxylic acid groups (broad SMARTS) is 2. The molecule has 13 nitrogen and oxygen atoms in total. The van der Waals surface area contributed by atoms with E-state index >= 15 is 0 Å². The van der Waals surface area contributed by atoms with Crippen LogP contribution in [0.15, 0.2) is 24.3 Å². The molecule has 194 valence electrons. The maximum absolute atomic E-state index is 12.9. The van der Waals surface area contributed by atoms with Crippen molar-refractivity contribution < 1.29 is 39.3 Å². The summed E-state index contributed by atoms with van der Waals surface area (Å²) in [6.45, 7) is 1.66. The molecule has 0 bridgehead atoms. The van der Waals surface area contributed by atoms with Crippen LogP contribution < -0.4 is 27.4 Å². The van der Waals surface area contributed by atoms with Crippen LogP contribution in [0, 0.1) is 0 Å². The van der Waals surface area contributed by atoms with Crippen molar-refractivity contribution in [3.63, 3.8) is 0 Å². The van der Waals surface area contributed by atoms with Gasteiger partial charge in [0.15, 0.2) is 0 Å². The lowest BCUT2D eigenvalue weighted by Crippen LogP contribution is -2.57. The van der Waals surface area contributed by atoms with Crippen LogP contribution in [0.5, 0.6) is 5.75 Å². The summed E-state index contributed by atoms with van der Waals surface area (Å²) in [5, 5.41) is 34.7. The second kappa shape index (κ2) is 14.5. The summed E-state index contributed by atoms with van der Waals surface area (Å²) in [5.41, 5.74) is 11.7. The van der Waals surface area contributed by atoms with Gasteiger partial charge >= 0.3 is 11.9 Å². The first-order chi connectivity index (χ1) is 16.4. The number of carbonyl (C=O) groups excluding carboxylic acids is 3. The highest BCUT2D eigenvalue weighted by molar-refractivity contribution is 5.95. The van der Waals surface area contributed by atoms with Crippen molar-refractivity contribution in [3.8, 4) is 5.75 Å². The van der Waals surface area contributed by atoms with E-state index in [0.29, 0.717) is 24.9 Å². The third kappa shape index (κ3) is 10.8. The van der Waals surface area contributed by atoms with Crippen molar-refractivity contribution in [1.29, 1.82) is 0 Å². The van der Waals surface area contributed by atoms with Gasteiger partial charge in [0, 0.05) is 6.42 Å². The molecule has 0 aliphatic heterocycles. The van der Waals surface area contributed by atoms with Crippen LogP contribution in [0.3, 0.4) is 0 Å². The number of benzene rings is 1. The number of phenolic OH excluding ortho intramolecular Hbond substituents is 1. The Morgan fingerprint density at radius 2 is 1.46 bits per heavy atom. The molecule has 0 fully saturated rings. The van der Waals surface area contributed by atoms with E-state index in [-0.39, 0.29) is 18.6 Å². The molecule has 0 saturated carbocycles. The third-order valence-electron chi connectivity index (χ3n) is 5.06. The number of nitrogens with one attached hydrogen (secondary N) is 3. The first-order valence-corrected chi connectivity index (χ1v) is 11.0. The molecule has 0 radical (unpaired) electrons. The Hall–Kier alpha value is -3.71. The van der Waals surface area contributed by atoms with Gasteiger partial charge in [-0.05, 0) is 44.0 Å². The molecule has 13 heteroatoms. The van der Waals surface area contributed by atoms with Gasteiger partial charge in [0.25, 0.3) is 0 Å². The molecule has 4 unspecified atom stereocenters. The van der Waals surface area contributed by atoms with Gasteiger partial charge in [-0.3, -0.25) is 24.0 Å². The molecule has 1 aromatic rings. The zero-order valence-corrected chi connectivity index (χ0v) is 19.4. The van der Waals surface area contributed by atoms with Crippen molar-refractivity contribution in [3.05, 3.63) is 29.8 Å². The van der Waals surface area contributed by atoms with E-state index in [0.717, 1.165) is 0 Å². The van der Waals surface area contributed by atoms with Crippen molar-refractivity contribution >= 4 is 29.7 Å². The predicted octanol–water partition coefficient (Wildman–Crippen LogP) is -1.58. The van der Waals surface area contributed by atoms with E-state index in [1.54, 1.807) is 0 Å². The Bertz CT molecular complexity index is 892. The molecule has 0 aliphatic carbocycles. The molecule has 0 spiro atoms. The van der Waals surface area contributed by atoms with Gasteiger partial charge < -0.3 is 42.7 Å². The van der Waals surface area contributed by atoms with E-state index < -0.39 is 60.2 Å². The number of rotatable bonds is 15. The Morgan fingerprint density at radius 3 is 2.00 bits per heavy atom. The van der Waals surface area contributed by atoms with Gasteiger partial charge in [0.05, 0.1) is 12.5 Å². The summed E-state index contributed by atoms with van der Waals surface area (Å²) in [6.07, 6.45) is 0.618. The first-order valence-electron chi connectivity index (χ1n) is 11.0. The second-order valence-corrected chi connectivity index (χ2v) is 8.05. The fraction of sp³-hybridized carbons (Fsp3) is 0.500. The quantitative estimate of drug-likeness (QED) is 0.130. The Balaban J connectivity index is 3.03. The summed E-state index contributed by atoms with van der Waals surface area (Å²) >= 11 is 0. The third-order valence-corrected chi connectivity index (χ3v) is 5.06. The molecular weight excluding hydrogens is 462 g/mol. The summed E-state index contributed by atoms with van der Waals surface area (Å²) in [5.74, 6) is -5.22. The smallest absolute Gasteiger partial charge is 0.325 e. The van der Waals surface area contributed by atoms with Crippen molar-refractivity contribution in [2.45, 2.75) is 63.2 Å². The van der Waals surface area contributed by atoms with Crippen molar-refractivity contribution in [1.82, 2.24) is 16.0 Å². The fourth-order valence-electron chi connectivity index (χ4n) is 3.03. The van der Waals surface area contributed by atoms with E-state index in [1.807, 2.05) is 0 Å². The molecule has 1 aromatic carbocycles. The highest BCUT2D eigenvalue weighted by Gasteiger charge is 2.30. The lowest BCUT2D eigenvalue weighted by Gasteiger charge is -2.24. The Kier molecular flexibility index (Phi) is 12.2. The molecule has 3 amide bonds. The predicted molar refractivity (Wildman–Crippen MR) is 124 cm³/mol. The minimum Gasteiger partial charge on any atom is -0.508 e. The number of hydrogen-bond acceptors (Lipinski definition) is 8. The highest BCUT2D eigenvalue weighted by Crippen LogP contribution is 2.12. The van der Waals surface area contributed by atoms with Crippen LogP contribution in [-0.2, 0) is 30.4 Å². The van der Waals surface area contributed by atoms with Crippen LogP contribution >= 0.6 is 0 Å². The first kappa shape index (κ1) is 29.3. The van der Waals surface area contributed by atoms with Crippen LogP contribution in [0.25, 0.3) is 0 Å². The topological polar surface area (TPSA) is 234 Å². The number of phenols is 1. The summed E-state index contributed by atoms with van der Waals surface area (Å²) in [6, 6.07) is 0.643. The number of hydrogen-bond donors (Lipinski definition) is 8. The van der Waals surface area contributed by atoms with Crippen molar-refractivity contribution in [2.24, 2.45) is 11.5 Å². The number of unbranched alkanes of at least 4 members (excludes halogenated alkanes) is 1. The number of aromatic hydroxyl groups is 1. The van der Waals surface area contributed by atoms with E-state index in [9.17, 15) is 34.2 Å². The maximum atomic E-state index is 12.9. The van der Waals surface area contributed by atoms with Crippen LogP contribution in [0.4, 0.5) is 0 Å².